The maximum Gasteiger partial charge on any atom is 0.323 e. The summed E-state index contributed by atoms with van der Waals surface area (Å²) >= 11 is 0. The van der Waals surface area contributed by atoms with Crippen LogP contribution < -0.4 is 16.2 Å². The Morgan fingerprint density at radius 1 is 1.00 bits per heavy atom. The molecular formula is C22H25N3O2. The molecule has 0 aliphatic carbocycles. The van der Waals surface area contributed by atoms with Crippen LogP contribution in [0.3, 0.4) is 0 Å². The highest BCUT2D eigenvalue weighted by Crippen LogP contribution is 2.22. The summed E-state index contributed by atoms with van der Waals surface area (Å²) in [7, 11) is 0. The van der Waals surface area contributed by atoms with Gasteiger partial charge in [-0.1, -0.05) is 44.2 Å². The topological polar surface area (TPSA) is 63.1 Å². The summed E-state index contributed by atoms with van der Waals surface area (Å²) in [5, 5.41) is 7.15. The average Bonchev–Trinajstić information content (AvgIpc) is 2.62. The zero-order chi connectivity index (χ0) is 19.6. The number of hydrogen-bond acceptors (Lipinski definition) is 2. The second kappa shape index (κ2) is 7.66. The van der Waals surface area contributed by atoms with Crippen LogP contribution in [0.1, 0.15) is 25.0 Å². The number of aromatic nitrogens is 1. The van der Waals surface area contributed by atoms with Crippen molar-refractivity contribution in [3.05, 3.63) is 70.1 Å². The van der Waals surface area contributed by atoms with Crippen LogP contribution in [0.2, 0.25) is 0 Å². The van der Waals surface area contributed by atoms with Crippen LogP contribution in [0, 0.1) is 19.8 Å². The summed E-state index contributed by atoms with van der Waals surface area (Å²) in [6.45, 7) is 8.64. The minimum absolute atomic E-state index is 0.0419. The third kappa shape index (κ3) is 4.19. The quantitative estimate of drug-likeness (QED) is 0.691. The Bertz CT molecular complexity index is 1050. The maximum atomic E-state index is 12.7. The van der Waals surface area contributed by atoms with Crippen molar-refractivity contribution in [3.63, 3.8) is 0 Å². The Kier molecular flexibility index (Phi) is 5.31. The largest absolute Gasteiger partial charge is 0.323 e. The molecule has 27 heavy (non-hydrogen) atoms. The molecule has 0 aliphatic heterocycles. The summed E-state index contributed by atoms with van der Waals surface area (Å²) in [6.07, 6.45) is 1.73. The molecule has 5 heteroatoms. The fourth-order valence-electron chi connectivity index (χ4n) is 3.12. The summed E-state index contributed by atoms with van der Waals surface area (Å²) in [5.74, 6) is 0.320. The highest BCUT2D eigenvalue weighted by Gasteiger charge is 2.12. The molecule has 2 N–H and O–H groups in total. The Morgan fingerprint density at radius 2 is 1.67 bits per heavy atom. The molecule has 2 amide bonds. The first-order valence-electron chi connectivity index (χ1n) is 9.12. The van der Waals surface area contributed by atoms with Gasteiger partial charge in [-0.05, 0) is 43.0 Å². The van der Waals surface area contributed by atoms with Crippen LogP contribution in [0.5, 0.6) is 0 Å². The first-order chi connectivity index (χ1) is 12.8. The fourth-order valence-corrected chi connectivity index (χ4v) is 3.12. The number of amides is 2. The first-order valence-corrected chi connectivity index (χ1v) is 9.12. The molecule has 2 aromatic carbocycles. The normalized spacial score (nSPS) is 11.0. The maximum absolute atomic E-state index is 12.7. The number of pyridine rings is 1. The Balaban J connectivity index is 1.96. The number of urea groups is 1. The van der Waals surface area contributed by atoms with Gasteiger partial charge < -0.3 is 15.2 Å². The van der Waals surface area contributed by atoms with E-state index in [1.807, 2.05) is 50.2 Å². The fraction of sp³-hybridized carbons (Fsp3) is 0.273. The smallest absolute Gasteiger partial charge is 0.313 e. The molecule has 0 unspecified atom stereocenters. The van der Waals surface area contributed by atoms with Gasteiger partial charge >= 0.3 is 6.03 Å². The summed E-state index contributed by atoms with van der Waals surface area (Å²) in [4.78, 5) is 25.3. The van der Waals surface area contributed by atoms with E-state index in [2.05, 4.69) is 24.5 Å². The molecule has 0 fully saturated rings. The number of hydrogen-bond donors (Lipinski definition) is 2. The Hall–Kier alpha value is -3.08. The number of fused-ring (bicyclic) bond motifs is 1. The lowest BCUT2D eigenvalue weighted by atomic mass is 10.1. The van der Waals surface area contributed by atoms with Crippen molar-refractivity contribution in [2.75, 3.05) is 10.6 Å². The molecule has 3 aromatic rings. The average molecular weight is 363 g/mol. The van der Waals surface area contributed by atoms with Gasteiger partial charge in [0.15, 0.2) is 0 Å². The number of rotatable bonds is 4. The van der Waals surface area contributed by atoms with Gasteiger partial charge in [0, 0.05) is 29.2 Å². The van der Waals surface area contributed by atoms with Gasteiger partial charge in [0.1, 0.15) is 0 Å². The number of nitrogens with one attached hydrogen (secondary N) is 2. The number of anilines is 2. The molecule has 1 heterocycles. The SMILES string of the molecule is Cc1ccc(C)c(NC(=O)Nc2cn(CC(C)C)c(=O)c3ccccc23)c1. The lowest BCUT2D eigenvalue weighted by molar-refractivity contribution is 0.262. The van der Waals surface area contributed by atoms with Gasteiger partial charge in [-0.15, -0.1) is 0 Å². The molecule has 0 saturated carbocycles. The molecule has 0 saturated heterocycles. The molecule has 5 nitrogen and oxygen atoms in total. The highest BCUT2D eigenvalue weighted by molar-refractivity contribution is 6.06. The Morgan fingerprint density at radius 3 is 2.37 bits per heavy atom. The lowest BCUT2D eigenvalue weighted by Crippen LogP contribution is -2.25. The van der Waals surface area contributed by atoms with Gasteiger partial charge in [-0.25, -0.2) is 4.79 Å². The van der Waals surface area contributed by atoms with E-state index in [0.29, 0.717) is 23.5 Å². The summed E-state index contributed by atoms with van der Waals surface area (Å²) in [5.41, 5.74) is 3.41. The van der Waals surface area contributed by atoms with Crippen molar-refractivity contribution in [1.82, 2.24) is 4.57 Å². The third-order valence-electron chi connectivity index (χ3n) is 4.44. The number of nitrogens with zero attached hydrogens (tertiary/aromatic N) is 1. The number of carbonyl (C=O) groups excluding carboxylic acids is 1. The van der Waals surface area contributed by atoms with E-state index in [-0.39, 0.29) is 11.6 Å². The van der Waals surface area contributed by atoms with Crippen LogP contribution in [0.15, 0.2) is 53.5 Å². The monoisotopic (exact) mass is 363 g/mol. The predicted molar refractivity (Wildman–Crippen MR) is 112 cm³/mol. The highest BCUT2D eigenvalue weighted by atomic mass is 16.2. The Labute approximate surface area is 159 Å². The molecule has 1 aromatic heterocycles. The second-order valence-corrected chi connectivity index (χ2v) is 7.34. The minimum atomic E-state index is -0.330. The molecule has 0 radical (unpaired) electrons. The zero-order valence-corrected chi connectivity index (χ0v) is 16.2. The predicted octanol–water partition coefficient (Wildman–Crippen LogP) is 4.92. The van der Waals surface area contributed by atoms with Crippen LogP contribution in [0.25, 0.3) is 10.8 Å². The summed E-state index contributed by atoms with van der Waals surface area (Å²) < 4.78 is 1.67. The number of benzene rings is 2. The van der Waals surface area contributed by atoms with Crippen molar-refractivity contribution in [2.24, 2.45) is 5.92 Å². The van der Waals surface area contributed by atoms with E-state index >= 15 is 0 Å². The van der Waals surface area contributed by atoms with E-state index < -0.39 is 0 Å². The van der Waals surface area contributed by atoms with Crippen molar-refractivity contribution >= 4 is 28.2 Å². The molecule has 3 rings (SSSR count). The van der Waals surface area contributed by atoms with E-state index in [0.717, 1.165) is 22.2 Å². The van der Waals surface area contributed by atoms with Crippen molar-refractivity contribution in [3.8, 4) is 0 Å². The van der Waals surface area contributed by atoms with Crippen LogP contribution >= 0.6 is 0 Å². The standard InChI is InChI=1S/C22H25N3O2/c1-14(2)12-25-13-20(17-7-5-6-8-18(17)21(25)26)24-22(27)23-19-11-15(3)9-10-16(19)4/h5-11,13-14H,12H2,1-4H3,(H2,23,24,27). The van der Waals surface area contributed by atoms with Crippen LogP contribution in [-0.4, -0.2) is 10.6 Å². The van der Waals surface area contributed by atoms with Gasteiger partial charge in [0.2, 0.25) is 0 Å². The van der Waals surface area contributed by atoms with Crippen molar-refractivity contribution < 1.29 is 4.79 Å². The zero-order valence-electron chi connectivity index (χ0n) is 16.2. The van der Waals surface area contributed by atoms with Crippen LogP contribution in [-0.2, 0) is 6.54 Å². The number of aryl methyl sites for hydroxylation is 2. The first kappa shape index (κ1) is 18.7. The molecule has 0 aliphatic rings. The van der Waals surface area contributed by atoms with Crippen molar-refractivity contribution in [2.45, 2.75) is 34.2 Å². The van der Waals surface area contributed by atoms with Gasteiger partial charge in [-0.2, -0.15) is 0 Å². The van der Waals surface area contributed by atoms with Gasteiger partial charge in [0.05, 0.1) is 5.69 Å². The molecule has 140 valence electrons. The van der Waals surface area contributed by atoms with Gasteiger partial charge in [0.25, 0.3) is 5.56 Å². The van der Waals surface area contributed by atoms with E-state index in [1.165, 1.54) is 0 Å². The van der Waals surface area contributed by atoms with E-state index in [4.69, 9.17) is 0 Å². The van der Waals surface area contributed by atoms with E-state index in [9.17, 15) is 9.59 Å². The van der Waals surface area contributed by atoms with Gasteiger partial charge in [-0.3, -0.25) is 4.79 Å². The molecule has 0 spiro atoms. The third-order valence-corrected chi connectivity index (χ3v) is 4.44. The van der Waals surface area contributed by atoms with E-state index in [1.54, 1.807) is 16.8 Å². The minimum Gasteiger partial charge on any atom is -0.313 e. The summed E-state index contributed by atoms with van der Waals surface area (Å²) in [6, 6.07) is 12.9. The molecular weight excluding hydrogens is 338 g/mol. The lowest BCUT2D eigenvalue weighted by Gasteiger charge is -2.15. The van der Waals surface area contributed by atoms with Crippen molar-refractivity contribution in [1.29, 1.82) is 0 Å². The number of carbonyl (C=O) groups is 1. The van der Waals surface area contributed by atoms with Crippen LogP contribution in [0.4, 0.5) is 16.2 Å². The molecule has 0 atom stereocenters. The molecule has 0 bridgehead atoms. The second-order valence-electron chi connectivity index (χ2n) is 7.34.